The van der Waals surface area contributed by atoms with E-state index in [1.165, 1.54) is 10.5 Å². The predicted octanol–water partition coefficient (Wildman–Crippen LogP) is 2.56. The monoisotopic (exact) mass is 265 g/mol. The highest BCUT2D eigenvalue weighted by atomic mass is 32.2. The van der Waals surface area contributed by atoms with Crippen LogP contribution in [0.1, 0.15) is 12.0 Å². The minimum absolute atomic E-state index is 0.105. The first-order valence-electron chi connectivity index (χ1n) is 6.14. The van der Waals surface area contributed by atoms with Crippen LogP contribution in [0.4, 0.5) is 0 Å². The van der Waals surface area contributed by atoms with Crippen molar-refractivity contribution in [2.75, 3.05) is 19.8 Å². The number of hydrogen-bond donors (Lipinski definition) is 1. The van der Waals surface area contributed by atoms with Crippen LogP contribution in [0.5, 0.6) is 0 Å². The second-order valence-corrected chi connectivity index (χ2v) is 5.86. The topological polar surface area (TPSA) is 40.5 Å². The van der Waals surface area contributed by atoms with Gasteiger partial charge in [0.05, 0.1) is 5.92 Å². The number of benzene rings is 1. The average Bonchev–Trinajstić information content (AvgIpc) is 3.09. The van der Waals surface area contributed by atoms with Gasteiger partial charge < -0.3 is 10.0 Å². The van der Waals surface area contributed by atoms with E-state index < -0.39 is 5.97 Å². The second kappa shape index (κ2) is 5.76. The van der Waals surface area contributed by atoms with Crippen LogP contribution in [-0.4, -0.2) is 35.8 Å². The molecule has 0 amide bonds. The van der Waals surface area contributed by atoms with Gasteiger partial charge in [0.15, 0.2) is 0 Å². The highest BCUT2D eigenvalue weighted by molar-refractivity contribution is 7.98. The van der Waals surface area contributed by atoms with Crippen molar-refractivity contribution in [3.05, 3.63) is 29.8 Å². The van der Waals surface area contributed by atoms with E-state index in [1.807, 2.05) is 0 Å². The molecule has 0 spiro atoms. The molecule has 0 radical (unpaired) electrons. The Bertz CT molecular complexity index is 418. The summed E-state index contributed by atoms with van der Waals surface area (Å²) in [5.74, 6) is -0.401. The van der Waals surface area contributed by atoms with Gasteiger partial charge in [-0.3, -0.25) is 4.79 Å². The maximum atomic E-state index is 10.8. The minimum Gasteiger partial charge on any atom is -0.481 e. The maximum absolute atomic E-state index is 10.8. The molecule has 2 rings (SSSR count). The van der Waals surface area contributed by atoms with Crippen LogP contribution in [0.2, 0.25) is 0 Å². The molecular formula is C14H19NO2S. The SMILES string of the molecule is CSc1ccc(CN(C)CC2CC2C(=O)O)cc1. The number of nitrogens with zero attached hydrogens (tertiary/aromatic N) is 1. The van der Waals surface area contributed by atoms with Crippen molar-refractivity contribution in [2.24, 2.45) is 11.8 Å². The molecular weight excluding hydrogens is 246 g/mol. The van der Waals surface area contributed by atoms with Gasteiger partial charge in [-0.15, -0.1) is 11.8 Å². The second-order valence-electron chi connectivity index (χ2n) is 4.99. The summed E-state index contributed by atoms with van der Waals surface area (Å²) in [6.45, 7) is 1.76. The van der Waals surface area contributed by atoms with E-state index in [2.05, 4.69) is 42.5 Å². The molecule has 0 bridgehead atoms. The Morgan fingerprint density at radius 1 is 1.44 bits per heavy atom. The lowest BCUT2D eigenvalue weighted by Gasteiger charge is -2.16. The Balaban J connectivity index is 1.80. The zero-order valence-electron chi connectivity index (χ0n) is 10.8. The zero-order valence-corrected chi connectivity index (χ0v) is 11.6. The van der Waals surface area contributed by atoms with Crippen molar-refractivity contribution in [2.45, 2.75) is 17.9 Å². The fourth-order valence-electron chi connectivity index (χ4n) is 2.26. The van der Waals surface area contributed by atoms with Crippen LogP contribution in [0.15, 0.2) is 29.2 Å². The summed E-state index contributed by atoms with van der Waals surface area (Å²) in [7, 11) is 2.06. The Hall–Kier alpha value is -1.00. The standard InChI is InChI=1S/C14H19NO2S/c1-15(9-11-7-13(11)14(16)17)8-10-3-5-12(18-2)6-4-10/h3-6,11,13H,7-9H2,1-2H3,(H,16,17). The van der Waals surface area contributed by atoms with Gasteiger partial charge in [-0.05, 0) is 43.3 Å². The molecule has 0 aliphatic heterocycles. The summed E-state index contributed by atoms with van der Waals surface area (Å²) in [4.78, 5) is 14.2. The predicted molar refractivity (Wildman–Crippen MR) is 73.8 cm³/mol. The molecule has 2 unspecified atom stereocenters. The van der Waals surface area contributed by atoms with Gasteiger partial charge in [-0.1, -0.05) is 12.1 Å². The van der Waals surface area contributed by atoms with Crippen molar-refractivity contribution in [1.29, 1.82) is 0 Å². The first-order valence-corrected chi connectivity index (χ1v) is 7.37. The number of carboxylic acids is 1. The van der Waals surface area contributed by atoms with Crippen LogP contribution < -0.4 is 0 Å². The van der Waals surface area contributed by atoms with Gasteiger partial charge in [-0.25, -0.2) is 0 Å². The third-order valence-electron chi connectivity index (χ3n) is 3.40. The molecule has 1 N–H and O–H groups in total. The van der Waals surface area contributed by atoms with Crippen molar-refractivity contribution in [1.82, 2.24) is 4.90 Å². The van der Waals surface area contributed by atoms with Gasteiger partial charge in [0, 0.05) is 18.0 Å². The normalized spacial score (nSPS) is 22.2. The first kappa shape index (κ1) is 13.4. The van der Waals surface area contributed by atoms with Gasteiger partial charge in [0.1, 0.15) is 0 Å². The Morgan fingerprint density at radius 3 is 2.61 bits per heavy atom. The fraction of sp³-hybridized carbons (Fsp3) is 0.500. The zero-order chi connectivity index (χ0) is 13.1. The highest BCUT2D eigenvalue weighted by Gasteiger charge is 2.43. The van der Waals surface area contributed by atoms with Crippen LogP contribution in [-0.2, 0) is 11.3 Å². The first-order chi connectivity index (χ1) is 8.60. The number of hydrogen-bond acceptors (Lipinski definition) is 3. The summed E-state index contributed by atoms with van der Waals surface area (Å²) in [6.07, 6.45) is 2.91. The van der Waals surface area contributed by atoms with E-state index in [0.717, 1.165) is 19.5 Å². The van der Waals surface area contributed by atoms with Gasteiger partial charge in [0.25, 0.3) is 0 Å². The minimum atomic E-state index is -0.641. The molecule has 1 aliphatic rings. The number of aliphatic carboxylic acids is 1. The lowest BCUT2D eigenvalue weighted by Crippen LogP contribution is -2.21. The molecule has 1 aliphatic carbocycles. The largest absolute Gasteiger partial charge is 0.481 e. The van der Waals surface area contributed by atoms with Crippen molar-refractivity contribution < 1.29 is 9.90 Å². The summed E-state index contributed by atoms with van der Waals surface area (Å²) < 4.78 is 0. The molecule has 4 heteroatoms. The van der Waals surface area contributed by atoms with Crippen LogP contribution in [0.25, 0.3) is 0 Å². The van der Waals surface area contributed by atoms with E-state index in [1.54, 1.807) is 11.8 Å². The van der Waals surface area contributed by atoms with E-state index in [0.29, 0.717) is 5.92 Å². The molecule has 1 saturated carbocycles. The molecule has 1 aromatic rings. The Labute approximate surface area is 112 Å². The Kier molecular flexibility index (Phi) is 4.30. The molecule has 0 saturated heterocycles. The van der Waals surface area contributed by atoms with E-state index in [-0.39, 0.29) is 5.92 Å². The molecule has 98 valence electrons. The van der Waals surface area contributed by atoms with Gasteiger partial charge in [-0.2, -0.15) is 0 Å². The highest BCUT2D eigenvalue weighted by Crippen LogP contribution is 2.39. The molecule has 1 aromatic carbocycles. The summed E-state index contributed by atoms with van der Waals surface area (Å²) in [5, 5.41) is 8.86. The lowest BCUT2D eigenvalue weighted by molar-refractivity contribution is -0.138. The maximum Gasteiger partial charge on any atom is 0.306 e. The van der Waals surface area contributed by atoms with Gasteiger partial charge >= 0.3 is 5.97 Å². The number of rotatable bonds is 6. The lowest BCUT2D eigenvalue weighted by atomic mass is 10.2. The van der Waals surface area contributed by atoms with Crippen molar-refractivity contribution in [3.8, 4) is 0 Å². The molecule has 0 heterocycles. The van der Waals surface area contributed by atoms with E-state index >= 15 is 0 Å². The summed E-state index contributed by atoms with van der Waals surface area (Å²) >= 11 is 1.74. The molecule has 2 atom stereocenters. The average molecular weight is 265 g/mol. The number of thioether (sulfide) groups is 1. The van der Waals surface area contributed by atoms with Crippen LogP contribution >= 0.6 is 11.8 Å². The molecule has 3 nitrogen and oxygen atoms in total. The molecule has 18 heavy (non-hydrogen) atoms. The quantitative estimate of drug-likeness (QED) is 0.803. The smallest absolute Gasteiger partial charge is 0.306 e. The van der Waals surface area contributed by atoms with E-state index in [4.69, 9.17) is 5.11 Å². The third-order valence-corrected chi connectivity index (χ3v) is 4.14. The van der Waals surface area contributed by atoms with E-state index in [9.17, 15) is 4.79 Å². The van der Waals surface area contributed by atoms with Crippen molar-refractivity contribution in [3.63, 3.8) is 0 Å². The third kappa shape index (κ3) is 3.50. The summed E-state index contributed by atoms with van der Waals surface area (Å²) in [6, 6.07) is 8.55. The van der Waals surface area contributed by atoms with Crippen LogP contribution in [0.3, 0.4) is 0 Å². The van der Waals surface area contributed by atoms with Gasteiger partial charge in [0.2, 0.25) is 0 Å². The molecule has 1 fully saturated rings. The van der Waals surface area contributed by atoms with Crippen LogP contribution in [0, 0.1) is 11.8 Å². The number of carbonyl (C=O) groups is 1. The molecule has 0 aromatic heterocycles. The van der Waals surface area contributed by atoms with Crippen molar-refractivity contribution >= 4 is 17.7 Å². The Morgan fingerprint density at radius 2 is 2.11 bits per heavy atom. The fourth-order valence-corrected chi connectivity index (χ4v) is 2.67. The number of carboxylic acid groups (broad SMARTS) is 1. The summed E-state index contributed by atoms with van der Waals surface area (Å²) in [5.41, 5.74) is 1.28.